The van der Waals surface area contributed by atoms with Gasteiger partial charge in [-0.3, -0.25) is 0 Å². The maximum Gasteiger partial charge on any atom is 0.240 e. The molecule has 2 heterocycles. The van der Waals surface area contributed by atoms with Crippen molar-refractivity contribution in [2.45, 2.75) is 31.2 Å². The van der Waals surface area contributed by atoms with Crippen molar-refractivity contribution in [2.75, 3.05) is 25.6 Å². The predicted molar refractivity (Wildman–Crippen MR) is 118 cm³/mol. The molecule has 1 aromatic carbocycles. The van der Waals surface area contributed by atoms with Gasteiger partial charge in [-0.1, -0.05) is 0 Å². The van der Waals surface area contributed by atoms with Gasteiger partial charge in [-0.25, -0.2) is 28.1 Å². The first-order valence-corrected chi connectivity index (χ1v) is 11.7. The summed E-state index contributed by atoms with van der Waals surface area (Å²) in [6.07, 6.45) is 6.08. The molecule has 1 aliphatic carbocycles. The number of methoxy groups -OCH3 is 1. The van der Waals surface area contributed by atoms with Crippen LogP contribution in [0.1, 0.15) is 18.7 Å². The Labute approximate surface area is 182 Å². The van der Waals surface area contributed by atoms with E-state index in [0.717, 1.165) is 29.7 Å². The Morgan fingerprint density at radius 1 is 1.16 bits per heavy atom. The number of aromatic nitrogens is 4. The monoisotopic (exact) mass is 442 g/mol. The highest BCUT2D eigenvalue weighted by Gasteiger charge is 2.24. The highest BCUT2D eigenvalue weighted by atomic mass is 32.2. The molecule has 1 fully saturated rings. The van der Waals surface area contributed by atoms with Crippen molar-refractivity contribution in [2.24, 2.45) is 5.92 Å². The van der Waals surface area contributed by atoms with Crippen LogP contribution in [-0.2, 0) is 21.3 Å². The van der Waals surface area contributed by atoms with Gasteiger partial charge in [0.05, 0.1) is 29.1 Å². The normalized spacial score (nSPS) is 14.0. The second-order valence-corrected chi connectivity index (χ2v) is 9.32. The van der Waals surface area contributed by atoms with Crippen LogP contribution in [0.3, 0.4) is 0 Å². The Morgan fingerprint density at radius 2 is 1.94 bits per heavy atom. The molecule has 4 rings (SSSR count). The summed E-state index contributed by atoms with van der Waals surface area (Å²) in [5, 5.41) is 3.14. The molecule has 0 radical (unpaired) electrons. The Bertz CT molecular complexity index is 1140. The third-order valence-corrected chi connectivity index (χ3v) is 6.61. The summed E-state index contributed by atoms with van der Waals surface area (Å²) in [5.74, 6) is 2.14. The number of hydrogen-bond donors (Lipinski definition) is 2. The zero-order chi connectivity index (χ0) is 21.8. The molecule has 1 saturated carbocycles. The van der Waals surface area contributed by atoms with Crippen LogP contribution in [-0.4, -0.2) is 48.2 Å². The van der Waals surface area contributed by atoms with Crippen molar-refractivity contribution in [3.8, 4) is 11.4 Å². The molecule has 0 saturated heterocycles. The maximum atomic E-state index is 12.3. The minimum atomic E-state index is -3.57. The summed E-state index contributed by atoms with van der Waals surface area (Å²) in [7, 11) is -2.05. The Kier molecular flexibility index (Phi) is 6.30. The van der Waals surface area contributed by atoms with Crippen LogP contribution in [0, 0.1) is 12.8 Å². The van der Waals surface area contributed by atoms with Crippen LogP contribution in [0.4, 0.5) is 11.6 Å². The third kappa shape index (κ3) is 5.27. The Hall–Kier alpha value is -2.82. The average molecular weight is 443 g/mol. The number of rotatable bonds is 10. The quantitative estimate of drug-likeness (QED) is 0.464. The smallest absolute Gasteiger partial charge is 0.240 e. The molecule has 2 N–H and O–H groups in total. The first kappa shape index (κ1) is 21.4. The van der Waals surface area contributed by atoms with E-state index < -0.39 is 10.0 Å². The van der Waals surface area contributed by atoms with Crippen LogP contribution >= 0.6 is 0 Å². The molecule has 10 heteroatoms. The standard InChI is InChI=1S/C21H26N6O3S/c1-15-23-13-20(27(15)14-16-3-4-16)19-9-10-22-21(26-19)25-17-5-7-18(8-6-17)31(28,29)24-11-12-30-2/h5-10,13,16,24H,3-4,11-12,14H2,1-2H3,(H,22,25,26). The zero-order valence-corrected chi connectivity index (χ0v) is 18.4. The van der Waals surface area contributed by atoms with Gasteiger partial charge in [-0.05, 0) is 56.0 Å². The molecule has 0 atom stereocenters. The lowest BCUT2D eigenvalue weighted by atomic mass is 10.3. The fourth-order valence-electron chi connectivity index (χ4n) is 3.23. The molecule has 1 aliphatic rings. The largest absolute Gasteiger partial charge is 0.383 e. The number of nitrogens with zero attached hydrogens (tertiary/aromatic N) is 4. The van der Waals surface area contributed by atoms with Gasteiger partial charge in [-0.2, -0.15) is 0 Å². The lowest BCUT2D eigenvalue weighted by molar-refractivity contribution is 0.204. The number of nitrogens with one attached hydrogen (secondary N) is 2. The van der Waals surface area contributed by atoms with Crippen LogP contribution in [0.25, 0.3) is 11.4 Å². The molecule has 164 valence electrons. The summed E-state index contributed by atoms with van der Waals surface area (Å²) < 4.78 is 34.1. The van der Waals surface area contributed by atoms with E-state index in [1.54, 1.807) is 18.3 Å². The molecule has 0 aliphatic heterocycles. The van der Waals surface area contributed by atoms with Crippen LogP contribution in [0.15, 0.2) is 47.6 Å². The fourth-order valence-corrected chi connectivity index (χ4v) is 4.24. The van der Waals surface area contributed by atoms with E-state index in [0.29, 0.717) is 18.2 Å². The summed E-state index contributed by atoms with van der Waals surface area (Å²) in [6.45, 7) is 3.50. The highest BCUT2D eigenvalue weighted by molar-refractivity contribution is 7.89. The van der Waals surface area contributed by atoms with E-state index in [9.17, 15) is 8.42 Å². The summed E-state index contributed by atoms with van der Waals surface area (Å²) in [6, 6.07) is 8.31. The van der Waals surface area contributed by atoms with Gasteiger partial charge in [0, 0.05) is 32.1 Å². The molecule has 0 unspecified atom stereocenters. The molecule has 0 spiro atoms. The predicted octanol–water partition coefficient (Wildman–Crippen LogP) is 2.73. The topological polar surface area (TPSA) is 111 Å². The number of ether oxygens (including phenoxy) is 1. The maximum absolute atomic E-state index is 12.3. The summed E-state index contributed by atoms with van der Waals surface area (Å²) >= 11 is 0. The van der Waals surface area contributed by atoms with Crippen molar-refractivity contribution in [3.05, 3.63) is 48.5 Å². The van der Waals surface area contributed by atoms with Gasteiger partial charge in [-0.15, -0.1) is 0 Å². The molecule has 3 aromatic rings. The molecular weight excluding hydrogens is 416 g/mol. The summed E-state index contributed by atoms with van der Waals surface area (Å²) in [4.78, 5) is 13.6. The van der Waals surface area contributed by atoms with Gasteiger partial charge in [0.2, 0.25) is 16.0 Å². The minimum absolute atomic E-state index is 0.184. The number of sulfonamides is 1. The van der Waals surface area contributed by atoms with E-state index in [2.05, 4.69) is 29.6 Å². The van der Waals surface area contributed by atoms with E-state index in [4.69, 9.17) is 4.74 Å². The van der Waals surface area contributed by atoms with Crippen molar-refractivity contribution < 1.29 is 13.2 Å². The Morgan fingerprint density at radius 3 is 2.65 bits per heavy atom. The third-order valence-electron chi connectivity index (χ3n) is 5.13. The van der Waals surface area contributed by atoms with E-state index in [1.165, 1.54) is 32.1 Å². The van der Waals surface area contributed by atoms with Gasteiger partial charge < -0.3 is 14.6 Å². The minimum Gasteiger partial charge on any atom is -0.383 e. The molecular formula is C21H26N6O3S. The number of anilines is 2. The lowest BCUT2D eigenvalue weighted by Gasteiger charge is -2.11. The fraction of sp³-hybridized carbons (Fsp3) is 0.381. The second kappa shape index (κ2) is 9.13. The lowest BCUT2D eigenvalue weighted by Crippen LogP contribution is -2.27. The molecule has 0 bridgehead atoms. The van der Waals surface area contributed by atoms with Crippen molar-refractivity contribution in [1.29, 1.82) is 0 Å². The van der Waals surface area contributed by atoms with Crippen LogP contribution in [0.2, 0.25) is 0 Å². The second-order valence-electron chi connectivity index (χ2n) is 7.55. The molecule has 2 aromatic heterocycles. The van der Waals surface area contributed by atoms with Gasteiger partial charge >= 0.3 is 0 Å². The first-order chi connectivity index (χ1) is 15.0. The molecule has 0 amide bonds. The van der Waals surface area contributed by atoms with E-state index >= 15 is 0 Å². The van der Waals surface area contributed by atoms with Crippen LogP contribution < -0.4 is 10.0 Å². The van der Waals surface area contributed by atoms with Gasteiger partial charge in [0.15, 0.2) is 0 Å². The highest BCUT2D eigenvalue weighted by Crippen LogP contribution is 2.33. The number of imidazole rings is 1. The number of benzene rings is 1. The van der Waals surface area contributed by atoms with Gasteiger partial charge in [0.1, 0.15) is 5.82 Å². The number of aryl methyl sites for hydroxylation is 1. The average Bonchev–Trinajstić information content (AvgIpc) is 3.51. The van der Waals surface area contributed by atoms with Crippen LogP contribution in [0.5, 0.6) is 0 Å². The SMILES string of the molecule is COCCNS(=O)(=O)c1ccc(Nc2nccc(-c3cnc(C)n3CC3CC3)n2)cc1. The van der Waals surface area contributed by atoms with Crippen molar-refractivity contribution >= 4 is 21.7 Å². The number of hydrogen-bond acceptors (Lipinski definition) is 7. The molecule has 9 nitrogen and oxygen atoms in total. The van der Waals surface area contributed by atoms with Crippen molar-refractivity contribution in [3.63, 3.8) is 0 Å². The Balaban J connectivity index is 1.48. The zero-order valence-electron chi connectivity index (χ0n) is 17.6. The molecule has 31 heavy (non-hydrogen) atoms. The van der Waals surface area contributed by atoms with E-state index in [1.807, 2.05) is 19.2 Å². The summed E-state index contributed by atoms with van der Waals surface area (Å²) in [5.41, 5.74) is 2.45. The first-order valence-electron chi connectivity index (χ1n) is 10.2. The van der Waals surface area contributed by atoms with E-state index in [-0.39, 0.29) is 11.4 Å². The van der Waals surface area contributed by atoms with Crippen molar-refractivity contribution in [1.82, 2.24) is 24.2 Å². The van der Waals surface area contributed by atoms with Gasteiger partial charge in [0.25, 0.3) is 0 Å².